The summed E-state index contributed by atoms with van der Waals surface area (Å²) in [6.07, 6.45) is 79.7. The first-order chi connectivity index (χ1) is 35.5. The molecular weight excluding hydrogens is 889 g/mol. The van der Waals surface area contributed by atoms with Crippen LogP contribution in [-0.4, -0.2) is 37.2 Å². The minimum atomic E-state index is -0.797. The van der Waals surface area contributed by atoms with Crippen molar-refractivity contribution < 1.29 is 28.6 Å². The maximum atomic E-state index is 12.9. The maximum Gasteiger partial charge on any atom is 0.306 e. The molecule has 0 N–H and O–H groups in total. The van der Waals surface area contributed by atoms with Crippen molar-refractivity contribution in [2.45, 2.75) is 290 Å². The van der Waals surface area contributed by atoms with Gasteiger partial charge in [-0.15, -0.1) is 0 Å². The highest BCUT2D eigenvalue weighted by molar-refractivity contribution is 5.71. The van der Waals surface area contributed by atoms with Gasteiger partial charge in [0.1, 0.15) is 13.2 Å². The standard InChI is InChI=1S/C66H112O6/c1-4-7-10-13-16-19-22-25-28-30-31-32-33-34-35-36-39-41-44-47-50-53-56-59-65(68)71-62-63(61-70-64(67)58-55-52-49-46-43-40-37-27-24-21-18-15-12-9-6-3)72-66(69)60-57-54-51-48-45-42-38-29-26-23-20-17-14-11-8-5-2/h9,12,18,20-23,25,27,29-31,33-34,37-38,63H,4-8,10-11,13-17,19,24,26,28,32,35-36,39-62H2,1-3H3/b12-9-,21-18-,23-20-,25-22-,31-30-,34-33-,37-27-,38-29-. The molecule has 0 amide bonds. The topological polar surface area (TPSA) is 78.9 Å². The van der Waals surface area contributed by atoms with Gasteiger partial charge >= 0.3 is 17.9 Å². The first-order valence-electron chi connectivity index (χ1n) is 30.2. The van der Waals surface area contributed by atoms with Gasteiger partial charge in [0.2, 0.25) is 0 Å². The van der Waals surface area contributed by atoms with Crippen LogP contribution in [0.1, 0.15) is 284 Å². The Morgan fingerprint density at radius 2 is 0.542 bits per heavy atom. The molecule has 0 heterocycles. The van der Waals surface area contributed by atoms with Crippen molar-refractivity contribution >= 4 is 17.9 Å². The zero-order valence-corrected chi connectivity index (χ0v) is 47.2. The molecule has 0 aromatic heterocycles. The lowest BCUT2D eigenvalue weighted by Crippen LogP contribution is -2.30. The Balaban J connectivity index is 4.41. The van der Waals surface area contributed by atoms with Crippen LogP contribution < -0.4 is 0 Å². The summed E-state index contributed by atoms with van der Waals surface area (Å²) in [6, 6.07) is 0. The Labute approximate surface area is 445 Å². The van der Waals surface area contributed by atoms with E-state index in [2.05, 4.69) is 118 Å². The summed E-state index contributed by atoms with van der Waals surface area (Å²) in [7, 11) is 0. The number of unbranched alkanes of at least 4 members (excludes halogenated alkanes) is 27. The summed E-state index contributed by atoms with van der Waals surface area (Å²) in [5.74, 6) is -0.926. The molecule has 0 aromatic carbocycles. The number of allylic oxidation sites excluding steroid dienone is 16. The molecule has 0 fully saturated rings. The van der Waals surface area contributed by atoms with Gasteiger partial charge in [-0.05, 0) is 122 Å². The van der Waals surface area contributed by atoms with E-state index in [9.17, 15) is 14.4 Å². The molecule has 0 rings (SSSR count). The summed E-state index contributed by atoms with van der Waals surface area (Å²) < 4.78 is 16.9. The van der Waals surface area contributed by atoms with Crippen molar-refractivity contribution in [1.82, 2.24) is 0 Å². The molecule has 1 unspecified atom stereocenters. The van der Waals surface area contributed by atoms with E-state index in [1.165, 1.54) is 103 Å². The third-order valence-corrected chi connectivity index (χ3v) is 12.8. The van der Waals surface area contributed by atoms with Crippen LogP contribution in [0.4, 0.5) is 0 Å². The van der Waals surface area contributed by atoms with E-state index in [-0.39, 0.29) is 31.1 Å². The van der Waals surface area contributed by atoms with Crippen molar-refractivity contribution in [1.29, 1.82) is 0 Å². The van der Waals surface area contributed by atoms with Crippen LogP contribution in [0.2, 0.25) is 0 Å². The normalized spacial score (nSPS) is 12.8. The van der Waals surface area contributed by atoms with Crippen molar-refractivity contribution in [3.8, 4) is 0 Å². The second kappa shape index (κ2) is 59.9. The number of hydrogen-bond donors (Lipinski definition) is 0. The van der Waals surface area contributed by atoms with Gasteiger partial charge in [-0.2, -0.15) is 0 Å². The zero-order valence-electron chi connectivity index (χ0n) is 47.2. The van der Waals surface area contributed by atoms with Crippen LogP contribution in [0.3, 0.4) is 0 Å². The van der Waals surface area contributed by atoms with Crippen molar-refractivity contribution in [2.24, 2.45) is 0 Å². The van der Waals surface area contributed by atoms with E-state index in [4.69, 9.17) is 14.2 Å². The summed E-state index contributed by atoms with van der Waals surface area (Å²) in [5, 5.41) is 0. The third-order valence-electron chi connectivity index (χ3n) is 12.8. The Morgan fingerprint density at radius 3 is 0.861 bits per heavy atom. The summed E-state index contributed by atoms with van der Waals surface area (Å²) in [4.78, 5) is 38.2. The average molecular weight is 1000 g/mol. The van der Waals surface area contributed by atoms with Crippen molar-refractivity contribution in [2.75, 3.05) is 13.2 Å². The van der Waals surface area contributed by atoms with Crippen molar-refractivity contribution in [3.63, 3.8) is 0 Å². The highest BCUT2D eigenvalue weighted by atomic mass is 16.6. The Morgan fingerprint density at radius 1 is 0.292 bits per heavy atom. The molecule has 0 radical (unpaired) electrons. The summed E-state index contributed by atoms with van der Waals surface area (Å²) in [5.41, 5.74) is 0. The van der Waals surface area contributed by atoms with Gasteiger partial charge in [0, 0.05) is 19.3 Å². The van der Waals surface area contributed by atoms with E-state index >= 15 is 0 Å². The van der Waals surface area contributed by atoms with Crippen LogP contribution in [0.15, 0.2) is 97.2 Å². The Bertz CT molecular complexity index is 1430. The van der Waals surface area contributed by atoms with Gasteiger partial charge in [0.15, 0.2) is 6.10 Å². The molecule has 0 spiro atoms. The van der Waals surface area contributed by atoms with Gasteiger partial charge in [0.05, 0.1) is 0 Å². The van der Waals surface area contributed by atoms with E-state index in [0.29, 0.717) is 19.3 Å². The average Bonchev–Trinajstić information content (AvgIpc) is 3.38. The molecule has 0 aliphatic carbocycles. The maximum absolute atomic E-state index is 12.9. The molecule has 0 aliphatic rings. The molecule has 412 valence electrons. The number of carbonyl (C=O) groups excluding carboxylic acids is 3. The largest absolute Gasteiger partial charge is 0.462 e. The zero-order chi connectivity index (χ0) is 52.2. The predicted octanol–water partition coefficient (Wildman–Crippen LogP) is 20.5. The number of ether oxygens (including phenoxy) is 3. The van der Waals surface area contributed by atoms with Crippen LogP contribution >= 0.6 is 0 Å². The number of carbonyl (C=O) groups is 3. The minimum Gasteiger partial charge on any atom is -0.462 e. The quantitative estimate of drug-likeness (QED) is 0.0261. The van der Waals surface area contributed by atoms with Crippen LogP contribution in [0, 0.1) is 0 Å². The van der Waals surface area contributed by atoms with Crippen LogP contribution in [0.25, 0.3) is 0 Å². The van der Waals surface area contributed by atoms with Gasteiger partial charge in [0.25, 0.3) is 0 Å². The number of hydrogen-bond acceptors (Lipinski definition) is 6. The highest BCUT2D eigenvalue weighted by Crippen LogP contribution is 2.15. The van der Waals surface area contributed by atoms with E-state index in [1.807, 2.05) is 0 Å². The molecule has 6 nitrogen and oxygen atoms in total. The second-order valence-corrected chi connectivity index (χ2v) is 19.9. The number of rotatable bonds is 54. The van der Waals surface area contributed by atoms with Crippen LogP contribution in [-0.2, 0) is 28.6 Å². The fraction of sp³-hybridized carbons (Fsp3) is 0.712. The third kappa shape index (κ3) is 57.2. The van der Waals surface area contributed by atoms with E-state index in [0.717, 1.165) is 141 Å². The lowest BCUT2D eigenvalue weighted by Gasteiger charge is -2.18. The first kappa shape index (κ1) is 68.3. The van der Waals surface area contributed by atoms with Crippen molar-refractivity contribution in [3.05, 3.63) is 97.2 Å². The fourth-order valence-corrected chi connectivity index (χ4v) is 8.26. The monoisotopic (exact) mass is 1000 g/mol. The molecular formula is C66H112O6. The predicted molar refractivity (Wildman–Crippen MR) is 311 cm³/mol. The van der Waals surface area contributed by atoms with E-state index < -0.39 is 6.10 Å². The Kier molecular flexibility index (Phi) is 56.8. The molecule has 72 heavy (non-hydrogen) atoms. The molecule has 6 heteroatoms. The van der Waals surface area contributed by atoms with E-state index in [1.54, 1.807) is 0 Å². The highest BCUT2D eigenvalue weighted by Gasteiger charge is 2.19. The minimum absolute atomic E-state index is 0.0933. The smallest absolute Gasteiger partial charge is 0.306 e. The van der Waals surface area contributed by atoms with Crippen LogP contribution in [0.5, 0.6) is 0 Å². The van der Waals surface area contributed by atoms with Gasteiger partial charge in [-0.25, -0.2) is 0 Å². The summed E-state index contributed by atoms with van der Waals surface area (Å²) >= 11 is 0. The van der Waals surface area contributed by atoms with Gasteiger partial charge in [-0.3, -0.25) is 14.4 Å². The Hall–Kier alpha value is -3.67. The van der Waals surface area contributed by atoms with Gasteiger partial charge < -0.3 is 14.2 Å². The number of esters is 3. The lowest BCUT2D eigenvalue weighted by atomic mass is 10.1. The molecule has 0 saturated heterocycles. The summed E-state index contributed by atoms with van der Waals surface area (Å²) in [6.45, 7) is 6.48. The SMILES string of the molecule is CC/C=C\C/C=C\C/C=C\CCCCCCCC(=O)OCC(COC(=O)CCCCCCCCCC/C=C\C/C=C\C/C=C\CCCCCCC)OC(=O)CCCCCCC/C=C\C/C=C\CCCCCC. The van der Waals surface area contributed by atoms with Gasteiger partial charge in [-0.1, -0.05) is 240 Å². The second-order valence-electron chi connectivity index (χ2n) is 19.9. The fourth-order valence-electron chi connectivity index (χ4n) is 8.26. The molecule has 0 bridgehead atoms. The first-order valence-corrected chi connectivity index (χ1v) is 30.2. The molecule has 0 saturated carbocycles. The lowest BCUT2D eigenvalue weighted by molar-refractivity contribution is -0.167. The molecule has 0 aliphatic heterocycles. The molecule has 0 aromatic rings. The molecule has 1 atom stereocenters.